The highest BCUT2D eigenvalue weighted by atomic mass is 35.5. The number of rotatable bonds is 2. The van der Waals surface area contributed by atoms with Crippen molar-refractivity contribution in [1.29, 1.82) is 0 Å². The predicted octanol–water partition coefficient (Wildman–Crippen LogP) is 3.00. The minimum Gasteiger partial charge on any atom is -0.394 e. The molecule has 0 radical (unpaired) electrons. The van der Waals surface area contributed by atoms with Crippen molar-refractivity contribution in [3.63, 3.8) is 0 Å². The van der Waals surface area contributed by atoms with Gasteiger partial charge in [0, 0.05) is 17.3 Å². The van der Waals surface area contributed by atoms with Crippen LogP contribution in [0.3, 0.4) is 0 Å². The van der Waals surface area contributed by atoms with Crippen LogP contribution in [0.15, 0.2) is 18.2 Å². The number of halogens is 1. The third kappa shape index (κ3) is 2.18. The molecule has 1 atom stereocenters. The quantitative estimate of drug-likeness (QED) is 0.858. The van der Waals surface area contributed by atoms with E-state index in [2.05, 4.69) is 11.0 Å². The first-order chi connectivity index (χ1) is 7.74. The van der Waals surface area contributed by atoms with Crippen LogP contribution in [0.4, 0.5) is 5.69 Å². The maximum atomic E-state index is 9.41. The Kier molecular flexibility index (Phi) is 3.72. The van der Waals surface area contributed by atoms with E-state index in [1.54, 1.807) is 0 Å². The molecule has 1 aromatic carbocycles. The van der Waals surface area contributed by atoms with Crippen molar-refractivity contribution in [2.45, 2.75) is 32.2 Å². The van der Waals surface area contributed by atoms with Gasteiger partial charge in [-0.15, -0.1) is 0 Å². The van der Waals surface area contributed by atoms with Crippen LogP contribution in [0, 0.1) is 6.92 Å². The van der Waals surface area contributed by atoms with E-state index in [0.29, 0.717) is 0 Å². The average molecular weight is 240 g/mol. The minimum absolute atomic E-state index is 0.228. The van der Waals surface area contributed by atoms with Crippen LogP contribution in [0.25, 0.3) is 0 Å². The number of hydrogen-bond acceptors (Lipinski definition) is 2. The summed E-state index contributed by atoms with van der Waals surface area (Å²) in [6, 6.07) is 6.24. The van der Waals surface area contributed by atoms with Crippen molar-refractivity contribution in [3.8, 4) is 0 Å². The van der Waals surface area contributed by atoms with E-state index in [0.717, 1.165) is 23.6 Å². The number of nitrogens with zero attached hydrogens (tertiary/aromatic N) is 1. The van der Waals surface area contributed by atoms with Gasteiger partial charge in [-0.05, 0) is 43.9 Å². The molecule has 1 aromatic rings. The molecule has 1 N–H and O–H groups in total. The summed E-state index contributed by atoms with van der Waals surface area (Å²) in [6.45, 7) is 3.29. The molecule has 0 aliphatic carbocycles. The summed E-state index contributed by atoms with van der Waals surface area (Å²) in [5, 5.41) is 10.2. The van der Waals surface area contributed by atoms with Crippen molar-refractivity contribution < 1.29 is 5.11 Å². The van der Waals surface area contributed by atoms with Crippen LogP contribution in [-0.4, -0.2) is 24.3 Å². The second-order valence-corrected chi connectivity index (χ2v) is 4.82. The summed E-state index contributed by atoms with van der Waals surface area (Å²) >= 11 is 6.13. The van der Waals surface area contributed by atoms with E-state index >= 15 is 0 Å². The Bertz CT molecular complexity index is 367. The second kappa shape index (κ2) is 5.07. The fourth-order valence-corrected chi connectivity index (χ4v) is 2.58. The molecule has 3 heteroatoms. The van der Waals surface area contributed by atoms with Gasteiger partial charge in [0.25, 0.3) is 0 Å². The van der Waals surface area contributed by atoms with Crippen molar-refractivity contribution >= 4 is 17.3 Å². The molecule has 0 saturated carbocycles. The molecule has 0 amide bonds. The molecule has 1 unspecified atom stereocenters. The minimum atomic E-state index is 0.228. The second-order valence-electron chi connectivity index (χ2n) is 4.41. The zero-order valence-electron chi connectivity index (χ0n) is 9.62. The normalized spacial score (nSPS) is 21.2. The van der Waals surface area contributed by atoms with Gasteiger partial charge in [-0.25, -0.2) is 0 Å². The highest BCUT2D eigenvalue weighted by Gasteiger charge is 2.23. The molecule has 1 heterocycles. The molecular formula is C13H18ClNO. The summed E-state index contributed by atoms with van der Waals surface area (Å²) in [7, 11) is 0. The molecule has 1 aliphatic rings. The number of aliphatic hydroxyl groups is 1. The first kappa shape index (κ1) is 11.7. The van der Waals surface area contributed by atoms with Gasteiger partial charge in [0.1, 0.15) is 0 Å². The molecule has 16 heavy (non-hydrogen) atoms. The van der Waals surface area contributed by atoms with Crippen molar-refractivity contribution in [3.05, 3.63) is 28.8 Å². The van der Waals surface area contributed by atoms with E-state index in [4.69, 9.17) is 11.6 Å². The molecule has 1 aliphatic heterocycles. The molecule has 2 rings (SSSR count). The van der Waals surface area contributed by atoms with Gasteiger partial charge in [0.05, 0.1) is 12.6 Å². The van der Waals surface area contributed by atoms with E-state index in [-0.39, 0.29) is 12.6 Å². The van der Waals surface area contributed by atoms with E-state index in [9.17, 15) is 5.11 Å². The molecule has 88 valence electrons. The number of benzene rings is 1. The lowest BCUT2D eigenvalue weighted by Gasteiger charge is -2.37. The summed E-state index contributed by atoms with van der Waals surface area (Å²) in [5.41, 5.74) is 2.29. The summed E-state index contributed by atoms with van der Waals surface area (Å²) in [6.07, 6.45) is 3.48. The Labute approximate surface area is 102 Å². The zero-order valence-corrected chi connectivity index (χ0v) is 10.4. The smallest absolute Gasteiger partial charge is 0.0635 e. The van der Waals surface area contributed by atoms with Crippen LogP contribution < -0.4 is 4.90 Å². The topological polar surface area (TPSA) is 23.5 Å². The maximum Gasteiger partial charge on any atom is 0.0635 e. The molecule has 0 aromatic heterocycles. The highest BCUT2D eigenvalue weighted by Crippen LogP contribution is 2.31. The number of aliphatic hydroxyl groups excluding tert-OH is 1. The largest absolute Gasteiger partial charge is 0.394 e. The van der Waals surface area contributed by atoms with E-state index in [1.165, 1.54) is 18.5 Å². The molecule has 0 bridgehead atoms. The van der Waals surface area contributed by atoms with Crippen LogP contribution in [0.5, 0.6) is 0 Å². The third-order valence-corrected chi connectivity index (χ3v) is 3.80. The lowest BCUT2D eigenvalue weighted by atomic mass is 10.0. The first-order valence-corrected chi connectivity index (χ1v) is 6.24. The van der Waals surface area contributed by atoms with E-state index in [1.807, 2.05) is 19.1 Å². The Morgan fingerprint density at radius 1 is 1.44 bits per heavy atom. The summed E-state index contributed by atoms with van der Waals surface area (Å²) in [5.74, 6) is 0. The number of hydrogen-bond donors (Lipinski definition) is 1. The summed E-state index contributed by atoms with van der Waals surface area (Å²) < 4.78 is 0. The first-order valence-electron chi connectivity index (χ1n) is 5.86. The van der Waals surface area contributed by atoms with Gasteiger partial charge < -0.3 is 10.0 Å². The molecule has 1 saturated heterocycles. The standard InChI is InChI=1S/C13H18ClNO/c1-10-12(14)6-4-7-13(10)15-8-3-2-5-11(15)9-16/h4,6-7,11,16H,2-3,5,8-9H2,1H3. The monoisotopic (exact) mass is 239 g/mol. The van der Waals surface area contributed by atoms with Crippen molar-refractivity contribution in [2.75, 3.05) is 18.1 Å². The van der Waals surface area contributed by atoms with Crippen LogP contribution >= 0.6 is 11.6 Å². The van der Waals surface area contributed by atoms with Gasteiger partial charge in [-0.3, -0.25) is 0 Å². The van der Waals surface area contributed by atoms with Crippen molar-refractivity contribution in [1.82, 2.24) is 0 Å². The average Bonchev–Trinajstić information content (AvgIpc) is 2.33. The Hall–Kier alpha value is -0.730. The Morgan fingerprint density at radius 3 is 3.00 bits per heavy atom. The van der Waals surface area contributed by atoms with Gasteiger partial charge in [0.2, 0.25) is 0 Å². The molecule has 2 nitrogen and oxygen atoms in total. The lowest BCUT2D eigenvalue weighted by molar-refractivity contribution is 0.240. The Balaban J connectivity index is 2.30. The lowest BCUT2D eigenvalue weighted by Crippen LogP contribution is -2.42. The predicted molar refractivity (Wildman–Crippen MR) is 68.3 cm³/mol. The Morgan fingerprint density at radius 2 is 2.25 bits per heavy atom. The van der Waals surface area contributed by atoms with Gasteiger partial charge >= 0.3 is 0 Å². The third-order valence-electron chi connectivity index (χ3n) is 3.39. The fraction of sp³-hybridized carbons (Fsp3) is 0.538. The SMILES string of the molecule is Cc1c(Cl)cccc1N1CCCCC1CO. The van der Waals surface area contributed by atoms with Crippen LogP contribution in [-0.2, 0) is 0 Å². The number of anilines is 1. The maximum absolute atomic E-state index is 9.41. The molecular weight excluding hydrogens is 222 g/mol. The van der Waals surface area contributed by atoms with E-state index < -0.39 is 0 Å². The van der Waals surface area contributed by atoms with Crippen LogP contribution in [0.1, 0.15) is 24.8 Å². The number of piperidine rings is 1. The molecule has 0 spiro atoms. The fourth-order valence-electron chi connectivity index (χ4n) is 2.41. The van der Waals surface area contributed by atoms with Crippen molar-refractivity contribution in [2.24, 2.45) is 0 Å². The molecule has 1 fully saturated rings. The van der Waals surface area contributed by atoms with Gasteiger partial charge in [-0.1, -0.05) is 17.7 Å². The van der Waals surface area contributed by atoms with Gasteiger partial charge in [0.15, 0.2) is 0 Å². The zero-order chi connectivity index (χ0) is 11.5. The highest BCUT2D eigenvalue weighted by molar-refractivity contribution is 6.31. The van der Waals surface area contributed by atoms with Gasteiger partial charge in [-0.2, -0.15) is 0 Å². The van der Waals surface area contributed by atoms with Crippen LogP contribution in [0.2, 0.25) is 5.02 Å². The summed E-state index contributed by atoms with van der Waals surface area (Å²) in [4.78, 5) is 2.30.